The third kappa shape index (κ3) is 5.08. The normalized spacial score (nSPS) is 13.3. The number of amides is 3. The Morgan fingerprint density at radius 1 is 0.975 bits per heavy atom. The molecule has 2 heterocycles. The third-order valence-electron chi connectivity index (χ3n) is 6.15. The van der Waals surface area contributed by atoms with Crippen LogP contribution in [0.25, 0.3) is 10.2 Å². The summed E-state index contributed by atoms with van der Waals surface area (Å²) in [5.74, 6) is -0.337. The number of aromatic nitrogens is 1. The summed E-state index contributed by atoms with van der Waals surface area (Å²) in [7, 11) is 4.47. The van der Waals surface area contributed by atoms with Crippen molar-refractivity contribution in [3.05, 3.63) is 71.5 Å². The number of thiazole rings is 1. The first kappa shape index (κ1) is 26.8. The Kier molecular flexibility index (Phi) is 7.43. The monoisotopic (exact) mass is 562 g/mol. The molecule has 3 amide bonds. The molecule has 1 fully saturated rings. The second-order valence-electron chi connectivity index (χ2n) is 8.60. The molecule has 1 saturated heterocycles. The lowest BCUT2D eigenvalue weighted by atomic mass is 10.2. The summed E-state index contributed by atoms with van der Waals surface area (Å²) >= 11 is 1.10. The Hall–Kier alpha value is -4.84. The van der Waals surface area contributed by atoms with Gasteiger partial charge in [-0.05, 0) is 54.6 Å². The van der Waals surface area contributed by atoms with Crippen molar-refractivity contribution in [2.45, 2.75) is 12.8 Å². The minimum absolute atomic E-state index is 0.154. The predicted molar refractivity (Wildman–Crippen MR) is 148 cm³/mol. The number of hydrogen-bond donors (Lipinski definition) is 0. The maximum absolute atomic E-state index is 13.8. The molecule has 40 heavy (non-hydrogen) atoms. The van der Waals surface area contributed by atoms with Crippen molar-refractivity contribution in [1.29, 1.82) is 0 Å². The highest BCUT2D eigenvalue weighted by Gasteiger charge is 2.30. The zero-order valence-electron chi connectivity index (χ0n) is 21.7. The summed E-state index contributed by atoms with van der Waals surface area (Å²) in [6.07, 6.45) is 1.74. The van der Waals surface area contributed by atoms with E-state index in [1.165, 1.54) is 70.0 Å². The first-order chi connectivity index (χ1) is 19.3. The number of ether oxygens (including phenoxy) is 3. The molecule has 1 aliphatic heterocycles. The lowest BCUT2D eigenvalue weighted by Crippen LogP contribution is -2.29. The Labute approximate surface area is 232 Å². The van der Waals surface area contributed by atoms with Gasteiger partial charge in [-0.2, -0.15) is 10.1 Å². The Morgan fingerprint density at radius 2 is 1.62 bits per heavy atom. The van der Waals surface area contributed by atoms with Crippen LogP contribution in [-0.4, -0.2) is 50.2 Å². The average Bonchev–Trinajstić information content (AvgIpc) is 3.53. The van der Waals surface area contributed by atoms with Gasteiger partial charge in [0.15, 0.2) is 11.5 Å². The van der Waals surface area contributed by atoms with Crippen LogP contribution >= 0.6 is 11.3 Å². The Balaban J connectivity index is 1.53. The molecular weight excluding hydrogens is 539 g/mol. The topological polar surface area (TPSA) is 111 Å². The number of anilines is 2. The number of fused-ring (bicyclic) bond motifs is 1. The van der Waals surface area contributed by atoms with E-state index in [0.717, 1.165) is 21.2 Å². The largest absolute Gasteiger partial charge is 0.493 e. The molecule has 0 N–H and O–H groups in total. The number of hydrogen-bond acceptors (Lipinski definition) is 9. The summed E-state index contributed by atoms with van der Waals surface area (Å²) in [6, 6.07) is 13.6. The van der Waals surface area contributed by atoms with Gasteiger partial charge in [0.1, 0.15) is 5.82 Å². The molecule has 3 aromatic carbocycles. The summed E-state index contributed by atoms with van der Waals surface area (Å²) in [5, 5.41) is 5.75. The Morgan fingerprint density at radius 3 is 2.23 bits per heavy atom. The molecule has 1 aromatic heterocycles. The van der Waals surface area contributed by atoms with E-state index < -0.39 is 11.7 Å². The van der Waals surface area contributed by atoms with Crippen molar-refractivity contribution in [3.63, 3.8) is 0 Å². The minimum atomic E-state index is -0.533. The van der Waals surface area contributed by atoms with Gasteiger partial charge >= 0.3 is 0 Å². The van der Waals surface area contributed by atoms with Crippen molar-refractivity contribution in [2.24, 2.45) is 5.10 Å². The van der Waals surface area contributed by atoms with E-state index in [0.29, 0.717) is 38.7 Å². The molecule has 12 heteroatoms. The van der Waals surface area contributed by atoms with Crippen molar-refractivity contribution < 1.29 is 33.0 Å². The molecule has 0 unspecified atom stereocenters. The van der Waals surface area contributed by atoms with E-state index in [2.05, 4.69) is 10.1 Å². The van der Waals surface area contributed by atoms with Crippen molar-refractivity contribution >= 4 is 56.3 Å². The standard InChI is InChI=1S/C28H23FN4O6S/c1-37-21-12-16(13-22(38-2)26(21)39-3)15-30-33(28-31-20-9-6-18(29)14-23(20)40-28)27(36)17-4-7-19(8-5-17)32-24(34)10-11-25(32)35/h4-9,12-15H,10-11H2,1-3H3/b30-15+. The molecule has 204 valence electrons. The molecular formula is C28H23FN4O6S. The number of carbonyl (C=O) groups excluding carboxylic acids is 3. The molecule has 0 saturated carbocycles. The lowest BCUT2D eigenvalue weighted by molar-refractivity contribution is -0.121. The van der Waals surface area contributed by atoms with E-state index in [4.69, 9.17) is 14.2 Å². The second kappa shape index (κ2) is 11.1. The van der Waals surface area contributed by atoms with E-state index in [-0.39, 0.29) is 35.4 Å². The zero-order valence-corrected chi connectivity index (χ0v) is 22.5. The first-order valence-electron chi connectivity index (χ1n) is 12.0. The van der Waals surface area contributed by atoms with Crippen LogP contribution in [0.2, 0.25) is 0 Å². The average molecular weight is 563 g/mol. The minimum Gasteiger partial charge on any atom is -0.493 e. The van der Waals surface area contributed by atoms with Crippen LogP contribution in [0.1, 0.15) is 28.8 Å². The molecule has 0 radical (unpaired) electrons. The van der Waals surface area contributed by atoms with Crippen LogP contribution < -0.4 is 24.1 Å². The van der Waals surface area contributed by atoms with Gasteiger partial charge in [0.05, 0.1) is 43.4 Å². The number of halogens is 1. The zero-order chi connectivity index (χ0) is 28.4. The number of benzene rings is 3. The molecule has 1 aliphatic rings. The number of nitrogens with zero attached hydrogens (tertiary/aromatic N) is 4. The smallest absolute Gasteiger partial charge is 0.280 e. The van der Waals surface area contributed by atoms with Gasteiger partial charge in [-0.25, -0.2) is 9.37 Å². The summed E-state index contributed by atoms with van der Waals surface area (Å²) < 4.78 is 30.6. The highest BCUT2D eigenvalue weighted by Crippen LogP contribution is 2.38. The van der Waals surface area contributed by atoms with Gasteiger partial charge in [0, 0.05) is 24.0 Å². The molecule has 0 aliphatic carbocycles. The maximum atomic E-state index is 13.8. The fourth-order valence-electron chi connectivity index (χ4n) is 4.21. The molecule has 0 bridgehead atoms. The van der Waals surface area contributed by atoms with E-state index >= 15 is 0 Å². The van der Waals surface area contributed by atoms with Crippen LogP contribution in [0.3, 0.4) is 0 Å². The van der Waals surface area contributed by atoms with Crippen molar-refractivity contribution in [3.8, 4) is 17.2 Å². The van der Waals surface area contributed by atoms with E-state index in [9.17, 15) is 18.8 Å². The summed E-state index contributed by atoms with van der Waals surface area (Å²) in [5.41, 5.74) is 1.66. The fraction of sp³-hybridized carbons (Fsp3) is 0.179. The predicted octanol–water partition coefficient (Wildman–Crippen LogP) is 4.80. The van der Waals surface area contributed by atoms with Crippen molar-refractivity contribution in [1.82, 2.24) is 4.98 Å². The SMILES string of the molecule is COc1cc(/C=N/N(C(=O)c2ccc(N3C(=O)CCC3=O)cc2)c2nc3ccc(F)cc3s2)cc(OC)c1OC. The number of carbonyl (C=O) groups is 3. The lowest BCUT2D eigenvalue weighted by Gasteiger charge is -2.17. The van der Waals surface area contributed by atoms with Gasteiger partial charge in [-0.3, -0.25) is 19.3 Å². The molecule has 0 spiro atoms. The van der Waals surface area contributed by atoms with Crippen molar-refractivity contribution in [2.75, 3.05) is 31.2 Å². The second-order valence-corrected chi connectivity index (χ2v) is 9.61. The Bertz CT molecular complexity index is 1610. The molecule has 5 rings (SSSR count). The third-order valence-corrected chi connectivity index (χ3v) is 7.14. The van der Waals surface area contributed by atoms with Gasteiger partial charge in [-0.1, -0.05) is 11.3 Å². The summed E-state index contributed by atoms with van der Waals surface area (Å²) in [6.45, 7) is 0. The van der Waals surface area contributed by atoms with Crippen LogP contribution in [-0.2, 0) is 9.59 Å². The van der Waals surface area contributed by atoms with Crippen LogP contribution in [0.15, 0.2) is 59.7 Å². The molecule has 10 nitrogen and oxygen atoms in total. The van der Waals surface area contributed by atoms with Crippen LogP contribution in [0.5, 0.6) is 17.2 Å². The van der Waals surface area contributed by atoms with Crippen LogP contribution in [0, 0.1) is 5.82 Å². The quantitative estimate of drug-likeness (QED) is 0.172. The van der Waals surface area contributed by atoms with Gasteiger partial charge in [0.25, 0.3) is 5.91 Å². The molecule has 0 atom stereocenters. The number of imide groups is 1. The number of hydrazone groups is 1. The van der Waals surface area contributed by atoms with Crippen LogP contribution in [0.4, 0.5) is 15.2 Å². The fourth-order valence-corrected chi connectivity index (χ4v) is 5.15. The number of methoxy groups -OCH3 is 3. The van der Waals surface area contributed by atoms with Gasteiger partial charge < -0.3 is 14.2 Å². The van der Waals surface area contributed by atoms with Gasteiger partial charge in [0.2, 0.25) is 22.7 Å². The van der Waals surface area contributed by atoms with E-state index in [1.54, 1.807) is 12.1 Å². The van der Waals surface area contributed by atoms with Gasteiger partial charge in [-0.15, -0.1) is 0 Å². The highest BCUT2D eigenvalue weighted by molar-refractivity contribution is 7.22. The highest BCUT2D eigenvalue weighted by atomic mass is 32.1. The summed E-state index contributed by atoms with van der Waals surface area (Å²) in [4.78, 5) is 43.5. The molecule has 4 aromatic rings. The van der Waals surface area contributed by atoms with E-state index in [1.807, 2.05) is 0 Å². The first-order valence-corrected chi connectivity index (χ1v) is 12.8. The number of rotatable bonds is 8. The maximum Gasteiger partial charge on any atom is 0.280 e.